The molecule has 0 radical (unpaired) electrons. The van der Waals surface area contributed by atoms with Gasteiger partial charge >= 0.3 is 0 Å². The van der Waals surface area contributed by atoms with E-state index in [1.807, 2.05) is 0 Å². The lowest BCUT2D eigenvalue weighted by molar-refractivity contribution is -0.111. The van der Waals surface area contributed by atoms with Crippen molar-refractivity contribution in [1.82, 2.24) is 9.78 Å². The van der Waals surface area contributed by atoms with Crippen LogP contribution in [0, 0.1) is 0 Å². The molecule has 0 aromatic carbocycles. The first-order valence-electron chi connectivity index (χ1n) is 3.14. The summed E-state index contributed by atoms with van der Waals surface area (Å²) in [6.45, 7) is 3.32. The zero-order valence-corrected chi connectivity index (χ0v) is 6.24. The minimum atomic E-state index is -0.224. The van der Waals surface area contributed by atoms with E-state index >= 15 is 0 Å². The Balaban J connectivity index is 2.64. The highest BCUT2D eigenvalue weighted by molar-refractivity contribution is 5.98. The number of hydrogen-bond donors (Lipinski definition) is 1. The predicted octanol–water partition coefficient (Wildman–Crippen LogP) is 0.545. The quantitative estimate of drug-likeness (QED) is 0.627. The summed E-state index contributed by atoms with van der Waals surface area (Å²) in [7, 11) is 1.78. The molecular formula is C7H9N3O. The molecule has 4 heteroatoms. The van der Waals surface area contributed by atoms with Crippen LogP contribution in [0.1, 0.15) is 0 Å². The van der Waals surface area contributed by atoms with Gasteiger partial charge in [-0.2, -0.15) is 5.10 Å². The van der Waals surface area contributed by atoms with Crippen LogP contribution in [-0.2, 0) is 11.8 Å². The van der Waals surface area contributed by atoms with Crippen molar-refractivity contribution in [3.8, 4) is 0 Å². The molecule has 0 spiro atoms. The van der Waals surface area contributed by atoms with E-state index in [1.54, 1.807) is 24.1 Å². The molecule has 1 aromatic rings. The van der Waals surface area contributed by atoms with Crippen LogP contribution < -0.4 is 5.32 Å². The average molecular weight is 151 g/mol. The lowest BCUT2D eigenvalue weighted by atomic mass is 10.5. The SMILES string of the molecule is C=CC(=O)Nc1cnn(C)c1. The Kier molecular flexibility index (Phi) is 2.06. The van der Waals surface area contributed by atoms with Crippen LogP contribution in [-0.4, -0.2) is 15.7 Å². The van der Waals surface area contributed by atoms with Gasteiger partial charge in [0.15, 0.2) is 0 Å². The van der Waals surface area contributed by atoms with Crippen LogP contribution in [0.15, 0.2) is 25.0 Å². The van der Waals surface area contributed by atoms with Gasteiger partial charge in [0.2, 0.25) is 5.91 Å². The minimum absolute atomic E-state index is 0.224. The molecule has 1 aromatic heterocycles. The maximum absolute atomic E-state index is 10.7. The number of amides is 1. The second-order valence-electron chi connectivity index (χ2n) is 2.10. The zero-order chi connectivity index (χ0) is 8.27. The van der Waals surface area contributed by atoms with Crippen LogP contribution >= 0.6 is 0 Å². The average Bonchev–Trinajstić information content (AvgIpc) is 2.35. The Bertz CT molecular complexity index is 277. The fourth-order valence-corrected chi connectivity index (χ4v) is 0.679. The number of rotatable bonds is 2. The number of carbonyl (C=O) groups is 1. The molecule has 4 nitrogen and oxygen atoms in total. The summed E-state index contributed by atoms with van der Waals surface area (Å²) in [6.07, 6.45) is 4.50. The standard InChI is InChI=1S/C7H9N3O/c1-3-7(11)9-6-4-8-10(2)5-6/h3-5H,1H2,2H3,(H,9,11). The van der Waals surface area contributed by atoms with Crippen molar-refractivity contribution in [2.45, 2.75) is 0 Å². The summed E-state index contributed by atoms with van der Waals surface area (Å²) in [5.74, 6) is -0.224. The first-order chi connectivity index (χ1) is 5.22. The Morgan fingerprint density at radius 3 is 3.09 bits per heavy atom. The van der Waals surface area contributed by atoms with Gasteiger partial charge in [-0.25, -0.2) is 0 Å². The number of anilines is 1. The van der Waals surface area contributed by atoms with Crippen molar-refractivity contribution in [1.29, 1.82) is 0 Å². The molecule has 1 rings (SSSR count). The predicted molar refractivity (Wildman–Crippen MR) is 42.0 cm³/mol. The van der Waals surface area contributed by atoms with E-state index in [0.717, 1.165) is 0 Å². The monoisotopic (exact) mass is 151 g/mol. The second kappa shape index (κ2) is 3.01. The van der Waals surface area contributed by atoms with Crippen LogP contribution in [0.5, 0.6) is 0 Å². The van der Waals surface area contributed by atoms with Crippen molar-refractivity contribution in [2.75, 3.05) is 5.32 Å². The number of nitrogens with zero attached hydrogens (tertiary/aromatic N) is 2. The summed E-state index contributed by atoms with van der Waals surface area (Å²) in [4.78, 5) is 10.7. The summed E-state index contributed by atoms with van der Waals surface area (Å²) < 4.78 is 1.61. The fraction of sp³-hybridized carbons (Fsp3) is 0.143. The summed E-state index contributed by atoms with van der Waals surface area (Å²) in [5, 5.41) is 6.44. The van der Waals surface area contributed by atoms with Gasteiger partial charge in [0.1, 0.15) is 0 Å². The molecule has 58 valence electrons. The van der Waals surface area contributed by atoms with E-state index < -0.39 is 0 Å². The van der Waals surface area contributed by atoms with Crippen molar-refractivity contribution in [3.05, 3.63) is 25.0 Å². The van der Waals surface area contributed by atoms with E-state index in [0.29, 0.717) is 5.69 Å². The first kappa shape index (κ1) is 7.53. The Morgan fingerprint density at radius 2 is 2.64 bits per heavy atom. The topological polar surface area (TPSA) is 46.9 Å². The smallest absolute Gasteiger partial charge is 0.247 e. The van der Waals surface area contributed by atoms with Gasteiger partial charge in [-0.3, -0.25) is 9.48 Å². The third-order valence-electron chi connectivity index (χ3n) is 1.16. The van der Waals surface area contributed by atoms with Crippen LogP contribution in [0.4, 0.5) is 5.69 Å². The summed E-state index contributed by atoms with van der Waals surface area (Å²) >= 11 is 0. The molecule has 1 amide bonds. The Morgan fingerprint density at radius 1 is 1.91 bits per heavy atom. The van der Waals surface area contributed by atoms with Gasteiger partial charge in [-0.15, -0.1) is 0 Å². The molecule has 0 unspecified atom stereocenters. The van der Waals surface area contributed by atoms with Gasteiger partial charge < -0.3 is 5.32 Å². The van der Waals surface area contributed by atoms with Crippen LogP contribution in [0.3, 0.4) is 0 Å². The zero-order valence-electron chi connectivity index (χ0n) is 6.24. The van der Waals surface area contributed by atoms with Gasteiger partial charge in [-0.1, -0.05) is 6.58 Å². The largest absolute Gasteiger partial charge is 0.320 e. The molecular weight excluding hydrogens is 142 g/mol. The number of hydrogen-bond acceptors (Lipinski definition) is 2. The molecule has 0 aliphatic rings. The van der Waals surface area contributed by atoms with Crippen LogP contribution in [0.25, 0.3) is 0 Å². The molecule has 0 saturated heterocycles. The van der Waals surface area contributed by atoms with E-state index in [9.17, 15) is 4.79 Å². The van der Waals surface area contributed by atoms with Crippen LogP contribution in [0.2, 0.25) is 0 Å². The third-order valence-corrected chi connectivity index (χ3v) is 1.16. The van der Waals surface area contributed by atoms with Crippen molar-refractivity contribution in [3.63, 3.8) is 0 Å². The molecule has 0 fully saturated rings. The molecule has 0 atom stereocenters. The third kappa shape index (κ3) is 1.93. The fourth-order valence-electron chi connectivity index (χ4n) is 0.679. The number of aryl methyl sites for hydroxylation is 1. The number of nitrogens with one attached hydrogen (secondary N) is 1. The number of aromatic nitrogens is 2. The molecule has 1 N–H and O–H groups in total. The molecule has 0 aliphatic heterocycles. The van der Waals surface area contributed by atoms with E-state index in [4.69, 9.17) is 0 Å². The normalized spacial score (nSPS) is 9.18. The van der Waals surface area contributed by atoms with Gasteiger partial charge in [0, 0.05) is 13.2 Å². The lowest BCUT2D eigenvalue weighted by Crippen LogP contribution is -2.06. The van der Waals surface area contributed by atoms with Gasteiger partial charge in [-0.05, 0) is 6.08 Å². The first-order valence-corrected chi connectivity index (χ1v) is 3.14. The molecule has 0 aliphatic carbocycles. The highest BCUT2D eigenvalue weighted by Crippen LogP contribution is 2.02. The molecule has 11 heavy (non-hydrogen) atoms. The highest BCUT2D eigenvalue weighted by atomic mass is 16.1. The van der Waals surface area contributed by atoms with Crippen molar-refractivity contribution in [2.24, 2.45) is 7.05 Å². The van der Waals surface area contributed by atoms with E-state index in [2.05, 4.69) is 17.0 Å². The number of carbonyl (C=O) groups excluding carboxylic acids is 1. The second-order valence-corrected chi connectivity index (χ2v) is 2.10. The highest BCUT2D eigenvalue weighted by Gasteiger charge is 1.97. The van der Waals surface area contributed by atoms with Crippen molar-refractivity contribution >= 4 is 11.6 Å². The Hall–Kier alpha value is -1.58. The Labute approximate surface area is 64.5 Å². The maximum Gasteiger partial charge on any atom is 0.247 e. The van der Waals surface area contributed by atoms with E-state index in [-0.39, 0.29) is 5.91 Å². The van der Waals surface area contributed by atoms with Gasteiger partial charge in [0.25, 0.3) is 0 Å². The molecule has 1 heterocycles. The lowest BCUT2D eigenvalue weighted by Gasteiger charge is -1.93. The van der Waals surface area contributed by atoms with E-state index in [1.165, 1.54) is 6.08 Å². The summed E-state index contributed by atoms with van der Waals surface area (Å²) in [5.41, 5.74) is 0.678. The van der Waals surface area contributed by atoms with Crippen molar-refractivity contribution < 1.29 is 4.79 Å². The maximum atomic E-state index is 10.7. The summed E-state index contributed by atoms with van der Waals surface area (Å²) in [6, 6.07) is 0. The minimum Gasteiger partial charge on any atom is -0.320 e. The van der Waals surface area contributed by atoms with Gasteiger partial charge in [0.05, 0.1) is 11.9 Å². The molecule has 0 bridgehead atoms. The molecule has 0 saturated carbocycles.